The largest absolute Gasteiger partial charge is 0.494 e. The first-order valence-corrected chi connectivity index (χ1v) is 8.10. The summed E-state index contributed by atoms with van der Waals surface area (Å²) in [5.41, 5.74) is 1.75. The molecule has 0 bridgehead atoms. The zero-order valence-corrected chi connectivity index (χ0v) is 13.9. The van der Waals surface area contributed by atoms with Crippen molar-refractivity contribution in [2.24, 2.45) is 0 Å². The quantitative estimate of drug-likeness (QED) is 0.770. The van der Waals surface area contributed by atoms with Gasteiger partial charge in [0.25, 0.3) is 5.91 Å². The van der Waals surface area contributed by atoms with E-state index < -0.39 is 0 Å². The van der Waals surface area contributed by atoms with Gasteiger partial charge < -0.3 is 15.4 Å². The van der Waals surface area contributed by atoms with Crippen molar-refractivity contribution in [1.29, 1.82) is 0 Å². The van der Waals surface area contributed by atoms with Crippen LogP contribution in [0.2, 0.25) is 0 Å². The van der Waals surface area contributed by atoms with Crippen LogP contribution in [-0.2, 0) is 0 Å². The van der Waals surface area contributed by atoms with Crippen LogP contribution in [0.5, 0.6) is 5.75 Å². The van der Waals surface area contributed by atoms with Gasteiger partial charge in [-0.1, -0.05) is 0 Å². The number of likely N-dealkylation sites (N-methyl/N-ethyl adjacent to an activating group) is 1. The number of nitrogens with one attached hydrogen (secondary N) is 2. The second-order valence-electron chi connectivity index (χ2n) is 4.75. The Kier molecular flexibility index (Phi) is 5.91. The van der Waals surface area contributed by atoms with Crippen LogP contribution in [-0.4, -0.2) is 37.6 Å². The van der Waals surface area contributed by atoms with Gasteiger partial charge in [-0.05, 0) is 45.2 Å². The topological polar surface area (TPSA) is 63.2 Å². The molecule has 6 heteroatoms. The maximum atomic E-state index is 12.1. The fourth-order valence-electron chi connectivity index (χ4n) is 1.97. The van der Waals surface area contributed by atoms with Gasteiger partial charge in [0.2, 0.25) is 0 Å². The highest BCUT2D eigenvalue weighted by Gasteiger charge is 2.15. The average Bonchev–Trinajstić information content (AvgIpc) is 2.90. The number of hydrogen-bond acceptors (Lipinski definition) is 5. The minimum absolute atomic E-state index is 0.0672. The number of hydrogen-bond donors (Lipinski definition) is 2. The van der Waals surface area contributed by atoms with E-state index in [2.05, 4.69) is 15.6 Å². The van der Waals surface area contributed by atoms with Crippen molar-refractivity contribution in [3.8, 4) is 16.3 Å². The number of aromatic nitrogens is 1. The first-order valence-electron chi connectivity index (χ1n) is 7.29. The van der Waals surface area contributed by atoms with Crippen LogP contribution < -0.4 is 15.4 Å². The lowest BCUT2D eigenvalue weighted by Crippen LogP contribution is -2.30. The minimum atomic E-state index is -0.0672. The molecule has 0 aliphatic rings. The number of thiazole rings is 1. The van der Waals surface area contributed by atoms with Gasteiger partial charge in [0.05, 0.1) is 12.3 Å². The van der Waals surface area contributed by atoms with Crippen LogP contribution in [0.1, 0.15) is 22.3 Å². The van der Waals surface area contributed by atoms with Gasteiger partial charge in [-0.3, -0.25) is 4.79 Å². The number of carbonyl (C=O) groups excluding carboxylic acids is 1. The summed E-state index contributed by atoms with van der Waals surface area (Å²) in [6.45, 7) is 5.81. The molecule has 2 aromatic rings. The van der Waals surface area contributed by atoms with Crippen molar-refractivity contribution in [3.05, 3.63) is 34.8 Å². The summed E-state index contributed by atoms with van der Waals surface area (Å²) in [4.78, 5) is 17.3. The van der Waals surface area contributed by atoms with Gasteiger partial charge in [0.15, 0.2) is 0 Å². The van der Waals surface area contributed by atoms with E-state index in [0.29, 0.717) is 18.0 Å². The summed E-state index contributed by atoms with van der Waals surface area (Å²) in [6.07, 6.45) is 0. The van der Waals surface area contributed by atoms with E-state index >= 15 is 0 Å². The Hall–Kier alpha value is -1.92. The molecule has 1 aromatic carbocycles. The molecular formula is C16H21N3O2S. The van der Waals surface area contributed by atoms with Crippen molar-refractivity contribution in [1.82, 2.24) is 15.6 Å². The molecule has 1 heterocycles. The van der Waals surface area contributed by atoms with Gasteiger partial charge in [-0.15, -0.1) is 11.3 Å². The second-order valence-corrected chi connectivity index (χ2v) is 5.75. The smallest absolute Gasteiger partial charge is 0.263 e. The Morgan fingerprint density at radius 1 is 1.27 bits per heavy atom. The summed E-state index contributed by atoms with van der Waals surface area (Å²) >= 11 is 1.41. The van der Waals surface area contributed by atoms with E-state index in [4.69, 9.17) is 4.74 Å². The molecule has 2 N–H and O–H groups in total. The fraction of sp³-hybridized carbons (Fsp3) is 0.375. The van der Waals surface area contributed by atoms with Gasteiger partial charge >= 0.3 is 0 Å². The summed E-state index contributed by atoms with van der Waals surface area (Å²) in [7, 11) is 1.86. The van der Waals surface area contributed by atoms with Crippen LogP contribution >= 0.6 is 11.3 Å². The highest BCUT2D eigenvalue weighted by atomic mass is 32.1. The Bertz CT molecular complexity index is 623. The molecular weight excluding hydrogens is 298 g/mol. The van der Waals surface area contributed by atoms with Crippen molar-refractivity contribution in [2.45, 2.75) is 13.8 Å². The molecule has 0 saturated heterocycles. The molecule has 118 valence electrons. The Morgan fingerprint density at radius 3 is 2.64 bits per heavy atom. The molecule has 0 aliphatic carbocycles. The molecule has 0 spiro atoms. The second kappa shape index (κ2) is 7.91. The van der Waals surface area contributed by atoms with Crippen molar-refractivity contribution < 1.29 is 9.53 Å². The van der Waals surface area contributed by atoms with Gasteiger partial charge in [0.1, 0.15) is 15.6 Å². The molecule has 5 nitrogen and oxygen atoms in total. The number of benzene rings is 1. The number of ether oxygens (including phenoxy) is 1. The van der Waals surface area contributed by atoms with Crippen molar-refractivity contribution in [3.63, 3.8) is 0 Å². The third-order valence-corrected chi connectivity index (χ3v) is 4.28. The molecule has 0 aliphatic heterocycles. The zero-order chi connectivity index (χ0) is 15.9. The maximum absolute atomic E-state index is 12.1. The molecule has 22 heavy (non-hydrogen) atoms. The lowest BCUT2D eigenvalue weighted by molar-refractivity contribution is 0.0957. The normalized spacial score (nSPS) is 10.5. The van der Waals surface area contributed by atoms with Crippen LogP contribution in [0, 0.1) is 6.92 Å². The highest BCUT2D eigenvalue weighted by Crippen LogP contribution is 2.29. The number of amides is 1. The Morgan fingerprint density at radius 2 is 2.00 bits per heavy atom. The van der Waals surface area contributed by atoms with E-state index in [1.807, 2.05) is 45.2 Å². The van der Waals surface area contributed by atoms with Crippen molar-refractivity contribution >= 4 is 17.2 Å². The summed E-state index contributed by atoms with van der Waals surface area (Å²) in [5, 5.41) is 6.72. The van der Waals surface area contributed by atoms with Gasteiger partial charge in [0, 0.05) is 18.7 Å². The predicted molar refractivity (Wildman–Crippen MR) is 89.7 cm³/mol. The summed E-state index contributed by atoms with van der Waals surface area (Å²) in [6, 6.07) is 7.77. The van der Waals surface area contributed by atoms with E-state index in [9.17, 15) is 4.79 Å². The molecule has 1 aromatic heterocycles. The molecule has 0 fully saturated rings. The van der Waals surface area contributed by atoms with Crippen LogP contribution in [0.4, 0.5) is 0 Å². The van der Waals surface area contributed by atoms with E-state index in [1.165, 1.54) is 11.3 Å². The van der Waals surface area contributed by atoms with Gasteiger partial charge in [-0.2, -0.15) is 0 Å². The molecule has 2 rings (SSSR count). The molecule has 0 saturated carbocycles. The number of rotatable bonds is 7. The Labute approximate surface area is 134 Å². The van der Waals surface area contributed by atoms with E-state index in [1.54, 1.807) is 0 Å². The van der Waals surface area contributed by atoms with Crippen molar-refractivity contribution in [2.75, 3.05) is 26.7 Å². The van der Waals surface area contributed by atoms with Crippen LogP contribution in [0.15, 0.2) is 24.3 Å². The fourth-order valence-corrected chi connectivity index (χ4v) is 2.96. The Balaban J connectivity index is 2.13. The zero-order valence-electron chi connectivity index (χ0n) is 13.1. The maximum Gasteiger partial charge on any atom is 0.263 e. The SMILES string of the molecule is CCOc1ccc(-c2nc(C)c(C(=O)NCCNC)s2)cc1. The monoisotopic (exact) mass is 319 g/mol. The molecule has 0 unspecified atom stereocenters. The van der Waals surface area contributed by atoms with Gasteiger partial charge in [-0.25, -0.2) is 4.98 Å². The van der Waals surface area contributed by atoms with Crippen LogP contribution in [0.25, 0.3) is 10.6 Å². The third kappa shape index (κ3) is 4.05. The average molecular weight is 319 g/mol. The lowest BCUT2D eigenvalue weighted by atomic mass is 10.2. The number of aryl methyl sites for hydroxylation is 1. The summed E-state index contributed by atoms with van der Waals surface area (Å²) in [5.74, 6) is 0.770. The standard InChI is InChI=1S/C16H21N3O2S/c1-4-21-13-7-5-12(6-8-13)16-19-11(2)14(22-16)15(20)18-10-9-17-3/h5-8,17H,4,9-10H2,1-3H3,(H,18,20). The van der Waals surface area contributed by atoms with Crippen LogP contribution in [0.3, 0.4) is 0 Å². The first-order chi connectivity index (χ1) is 10.7. The summed E-state index contributed by atoms with van der Waals surface area (Å²) < 4.78 is 5.43. The first kappa shape index (κ1) is 16.5. The molecule has 0 atom stereocenters. The molecule has 0 radical (unpaired) electrons. The highest BCUT2D eigenvalue weighted by molar-refractivity contribution is 7.17. The third-order valence-electron chi connectivity index (χ3n) is 3.08. The van der Waals surface area contributed by atoms with E-state index in [-0.39, 0.29) is 5.91 Å². The number of carbonyl (C=O) groups is 1. The lowest BCUT2D eigenvalue weighted by Gasteiger charge is -2.03. The number of nitrogens with zero attached hydrogens (tertiary/aromatic N) is 1. The molecule has 1 amide bonds. The minimum Gasteiger partial charge on any atom is -0.494 e. The predicted octanol–water partition coefficient (Wildman–Crippen LogP) is 2.47. The van der Waals surface area contributed by atoms with E-state index in [0.717, 1.165) is 28.6 Å².